The number of hydrogen-bond acceptors (Lipinski definition) is 3. The third kappa shape index (κ3) is 6.04. The van der Waals surface area contributed by atoms with Crippen LogP contribution >= 0.6 is 11.6 Å². The number of ether oxygens (including phenoxy) is 1. The number of halogens is 4. The van der Waals surface area contributed by atoms with E-state index < -0.39 is 17.7 Å². The molecule has 0 aliphatic carbocycles. The van der Waals surface area contributed by atoms with E-state index in [4.69, 9.17) is 16.3 Å². The molecule has 140 valence electrons. The molecule has 0 heterocycles. The van der Waals surface area contributed by atoms with Gasteiger partial charge in [-0.2, -0.15) is 13.2 Å². The molecule has 0 bridgehead atoms. The van der Waals surface area contributed by atoms with Gasteiger partial charge in [-0.25, -0.2) is 4.79 Å². The third-order valence-electron chi connectivity index (χ3n) is 3.72. The van der Waals surface area contributed by atoms with E-state index >= 15 is 0 Å². The van der Waals surface area contributed by atoms with Crippen molar-refractivity contribution >= 4 is 17.6 Å². The normalized spacial score (nSPS) is 12.7. The average Bonchev–Trinajstić information content (AvgIpc) is 2.60. The van der Waals surface area contributed by atoms with Crippen LogP contribution in [0.4, 0.5) is 13.2 Å². The fraction of sp³-hybridized carbons (Fsp3) is 0.316. The summed E-state index contributed by atoms with van der Waals surface area (Å²) < 4.78 is 43.8. The quantitative estimate of drug-likeness (QED) is 0.553. The van der Waals surface area contributed by atoms with E-state index in [9.17, 15) is 18.0 Å². The smallest absolute Gasteiger partial charge is 0.417 e. The SMILES string of the molecule is CC(Cc1ccc(Cl)c(C(F)(F)F)c1)NCCOC(=O)c1ccccc1. The fourth-order valence-corrected chi connectivity index (χ4v) is 2.67. The van der Waals surface area contributed by atoms with E-state index in [0.29, 0.717) is 24.1 Å². The van der Waals surface area contributed by atoms with Crippen LogP contribution in [-0.2, 0) is 17.3 Å². The van der Waals surface area contributed by atoms with Crippen LogP contribution in [-0.4, -0.2) is 25.2 Å². The highest BCUT2D eigenvalue weighted by Crippen LogP contribution is 2.35. The second kappa shape index (κ2) is 9.05. The minimum Gasteiger partial charge on any atom is -0.461 e. The van der Waals surface area contributed by atoms with Gasteiger partial charge in [0.05, 0.1) is 16.1 Å². The molecule has 0 aromatic heterocycles. The van der Waals surface area contributed by atoms with Gasteiger partial charge in [-0.05, 0) is 43.2 Å². The summed E-state index contributed by atoms with van der Waals surface area (Å²) >= 11 is 5.62. The number of carbonyl (C=O) groups excluding carboxylic acids is 1. The van der Waals surface area contributed by atoms with Gasteiger partial charge in [-0.3, -0.25) is 0 Å². The first-order valence-corrected chi connectivity index (χ1v) is 8.46. The zero-order valence-corrected chi connectivity index (χ0v) is 14.9. The minimum atomic E-state index is -4.48. The molecule has 0 fully saturated rings. The fourth-order valence-electron chi connectivity index (χ4n) is 2.45. The van der Waals surface area contributed by atoms with E-state index in [2.05, 4.69) is 5.32 Å². The van der Waals surface area contributed by atoms with Gasteiger partial charge >= 0.3 is 12.1 Å². The van der Waals surface area contributed by atoms with Crippen molar-refractivity contribution in [2.75, 3.05) is 13.2 Å². The Morgan fingerprint density at radius 3 is 2.54 bits per heavy atom. The summed E-state index contributed by atoms with van der Waals surface area (Å²) in [6, 6.07) is 12.4. The summed E-state index contributed by atoms with van der Waals surface area (Å²) in [5.74, 6) is -0.410. The first-order chi connectivity index (χ1) is 12.3. The standard InChI is InChI=1S/C19H19ClF3NO2/c1-13(11-14-7-8-17(20)16(12-14)19(21,22)23)24-9-10-26-18(25)15-5-3-2-4-6-15/h2-8,12-13,24H,9-11H2,1H3. The zero-order valence-electron chi connectivity index (χ0n) is 14.1. The molecular weight excluding hydrogens is 367 g/mol. The predicted molar refractivity (Wildman–Crippen MR) is 94.3 cm³/mol. The first-order valence-electron chi connectivity index (χ1n) is 8.08. The molecule has 1 N–H and O–H groups in total. The molecule has 0 radical (unpaired) electrons. The first kappa shape index (κ1) is 20.3. The molecule has 1 unspecified atom stereocenters. The molecular formula is C19H19ClF3NO2. The molecule has 2 rings (SSSR count). The maximum absolute atomic E-state index is 12.9. The molecule has 2 aromatic rings. The highest BCUT2D eigenvalue weighted by Gasteiger charge is 2.33. The largest absolute Gasteiger partial charge is 0.461 e. The number of esters is 1. The van der Waals surface area contributed by atoms with E-state index in [1.54, 1.807) is 36.4 Å². The maximum Gasteiger partial charge on any atom is 0.417 e. The number of rotatable bonds is 7. The summed E-state index contributed by atoms with van der Waals surface area (Å²) in [6.45, 7) is 2.42. The maximum atomic E-state index is 12.9. The van der Waals surface area contributed by atoms with Crippen molar-refractivity contribution in [1.82, 2.24) is 5.32 Å². The van der Waals surface area contributed by atoms with Crippen LogP contribution in [0, 0.1) is 0 Å². The summed E-state index contributed by atoms with van der Waals surface area (Å²) in [7, 11) is 0. The van der Waals surface area contributed by atoms with Crippen LogP contribution in [0.15, 0.2) is 48.5 Å². The summed E-state index contributed by atoms with van der Waals surface area (Å²) in [6.07, 6.45) is -4.08. The van der Waals surface area contributed by atoms with Crippen LogP contribution in [0.25, 0.3) is 0 Å². The second-order valence-corrected chi connectivity index (χ2v) is 6.28. The van der Waals surface area contributed by atoms with Crippen molar-refractivity contribution in [2.24, 2.45) is 0 Å². The van der Waals surface area contributed by atoms with Crippen molar-refractivity contribution in [3.63, 3.8) is 0 Å². The molecule has 1 atom stereocenters. The van der Waals surface area contributed by atoms with Crippen LogP contribution in [0.2, 0.25) is 5.02 Å². The lowest BCUT2D eigenvalue weighted by Gasteiger charge is -2.16. The Morgan fingerprint density at radius 2 is 1.88 bits per heavy atom. The molecule has 7 heteroatoms. The van der Waals surface area contributed by atoms with E-state index in [1.165, 1.54) is 6.07 Å². The Morgan fingerprint density at radius 1 is 1.19 bits per heavy atom. The predicted octanol–water partition coefficient (Wildman–Crippen LogP) is 4.74. The average molecular weight is 386 g/mol. The molecule has 3 nitrogen and oxygen atoms in total. The van der Waals surface area contributed by atoms with E-state index in [0.717, 1.165) is 6.07 Å². The highest BCUT2D eigenvalue weighted by molar-refractivity contribution is 6.31. The van der Waals surface area contributed by atoms with Crippen LogP contribution in [0.5, 0.6) is 0 Å². The van der Waals surface area contributed by atoms with Gasteiger partial charge in [-0.1, -0.05) is 35.9 Å². The van der Waals surface area contributed by atoms with Crippen molar-refractivity contribution in [2.45, 2.75) is 25.6 Å². The molecule has 0 aliphatic heterocycles. The summed E-state index contributed by atoms with van der Waals surface area (Å²) in [4.78, 5) is 11.8. The number of benzene rings is 2. The van der Waals surface area contributed by atoms with Crippen molar-refractivity contribution < 1.29 is 22.7 Å². The van der Waals surface area contributed by atoms with Crippen molar-refractivity contribution in [1.29, 1.82) is 0 Å². The van der Waals surface area contributed by atoms with Gasteiger partial charge in [0.2, 0.25) is 0 Å². The number of nitrogens with one attached hydrogen (secondary N) is 1. The Kier molecular flexibility index (Phi) is 7.06. The third-order valence-corrected chi connectivity index (χ3v) is 4.05. The number of hydrogen-bond donors (Lipinski definition) is 1. The van der Waals surface area contributed by atoms with Gasteiger partial charge in [0.25, 0.3) is 0 Å². The number of carbonyl (C=O) groups is 1. The van der Waals surface area contributed by atoms with Crippen molar-refractivity contribution in [3.8, 4) is 0 Å². The summed E-state index contributed by atoms with van der Waals surface area (Å²) in [5.41, 5.74) is 0.171. The lowest BCUT2D eigenvalue weighted by molar-refractivity contribution is -0.137. The van der Waals surface area contributed by atoms with E-state index in [-0.39, 0.29) is 17.7 Å². The van der Waals surface area contributed by atoms with Crippen LogP contribution in [0.3, 0.4) is 0 Å². The van der Waals surface area contributed by atoms with E-state index in [1.807, 2.05) is 6.92 Å². The number of alkyl halides is 3. The summed E-state index contributed by atoms with van der Waals surface area (Å²) in [5, 5.41) is 2.81. The highest BCUT2D eigenvalue weighted by atomic mass is 35.5. The van der Waals surface area contributed by atoms with Gasteiger partial charge < -0.3 is 10.1 Å². The lowest BCUT2D eigenvalue weighted by Crippen LogP contribution is -2.31. The van der Waals surface area contributed by atoms with Gasteiger partial charge in [-0.15, -0.1) is 0 Å². The van der Waals surface area contributed by atoms with Crippen LogP contribution < -0.4 is 5.32 Å². The Bertz CT molecular complexity index is 735. The van der Waals surface area contributed by atoms with Crippen molar-refractivity contribution in [3.05, 3.63) is 70.2 Å². The van der Waals surface area contributed by atoms with Crippen LogP contribution in [0.1, 0.15) is 28.4 Å². The Labute approximate surface area is 155 Å². The molecule has 0 spiro atoms. The molecule has 2 aromatic carbocycles. The molecule has 26 heavy (non-hydrogen) atoms. The topological polar surface area (TPSA) is 38.3 Å². The molecule has 0 amide bonds. The van der Waals surface area contributed by atoms with Gasteiger partial charge in [0.1, 0.15) is 6.61 Å². The monoisotopic (exact) mass is 385 g/mol. The van der Waals surface area contributed by atoms with Gasteiger partial charge in [0, 0.05) is 12.6 Å². The van der Waals surface area contributed by atoms with Gasteiger partial charge in [0.15, 0.2) is 0 Å². The lowest BCUT2D eigenvalue weighted by atomic mass is 10.0. The minimum absolute atomic E-state index is 0.0901. The second-order valence-electron chi connectivity index (χ2n) is 5.87. The molecule has 0 saturated heterocycles. The Hall–Kier alpha value is -2.05. The zero-order chi connectivity index (χ0) is 19.2. The molecule has 0 saturated carbocycles. The Balaban J connectivity index is 1.79. The molecule has 0 aliphatic rings.